The molecule has 1 aromatic heterocycles. The molecule has 0 aromatic carbocycles. The van der Waals surface area contributed by atoms with Gasteiger partial charge in [0.1, 0.15) is 5.01 Å². The molecular weight excluding hydrogens is 260 g/mol. The van der Waals surface area contributed by atoms with Crippen molar-refractivity contribution in [3.8, 4) is 0 Å². The lowest BCUT2D eigenvalue weighted by Gasteiger charge is -2.15. The minimum Gasteiger partial charge on any atom is -0.469 e. The number of nitrogens with zero attached hydrogens (tertiary/aromatic N) is 2. The van der Waals surface area contributed by atoms with Crippen LogP contribution >= 0.6 is 11.3 Å². The monoisotopic (exact) mass is 282 g/mol. The third-order valence-electron chi connectivity index (χ3n) is 3.49. The van der Waals surface area contributed by atoms with Gasteiger partial charge in [-0.05, 0) is 13.0 Å². The van der Waals surface area contributed by atoms with E-state index in [4.69, 9.17) is 9.72 Å². The maximum absolute atomic E-state index is 11.5. The molecule has 1 unspecified atom stereocenters. The van der Waals surface area contributed by atoms with Crippen molar-refractivity contribution < 1.29 is 9.53 Å². The predicted octanol–water partition coefficient (Wildman–Crippen LogP) is 2.44. The maximum atomic E-state index is 11.5. The second-order valence-corrected chi connectivity index (χ2v) is 7.06. The number of esters is 1. The molecule has 1 atom stereocenters. The zero-order valence-corrected chi connectivity index (χ0v) is 12.9. The standard InChI is InChI=1S/C14H22N2O2S/c1-14(2,3)11-9-19-12(15-11)8-16-6-5-10(7-16)13(17)18-4/h9-10H,5-8H2,1-4H3. The molecule has 0 saturated carbocycles. The van der Waals surface area contributed by atoms with Gasteiger partial charge in [0.25, 0.3) is 0 Å². The number of hydrogen-bond acceptors (Lipinski definition) is 5. The van der Waals surface area contributed by atoms with Crippen molar-refractivity contribution in [1.82, 2.24) is 9.88 Å². The molecule has 0 amide bonds. The minimum atomic E-state index is -0.0861. The van der Waals surface area contributed by atoms with Crippen LogP contribution in [0.1, 0.15) is 37.9 Å². The summed E-state index contributed by atoms with van der Waals surface area (Å²) in [5.74, 6) is -0.0518. The summed E-state index contributed by atoms with van der Waals surface area (Å²) < 4.78 is 4.80. The second-order valence-electron chi connectivity index (χ2n) is 6.12. The van der Waals surface area contributed by atoms with E-state index in [9.17, 15) is 4.79 Å². The smallest absolute Gasteiger partial charge is 0.310 e. The molecule has 1 aromatic rings. The predicted molar refractivity (Wildman–Crippen MR) is 76.2 cm³/mol. The second kappa shape index (κ2) is 5.59. The largest absolute Gasteiger partial charge is 0.469 e. The van der Waals surface area contributed by atoms with E-state index < -0.39 is 0 Å². The number of likely N-dealkylation sites (tertiary alicyclic amines) is 1. The van der Waals surface area contributed by atoms with Gasteiger partial charge in [0.15, 0.2) is 0 Å². The lowest BCUT2D eigenvalue weighted by molar-refractivity contribution is -0.144. The van der Waals surface area contributed by atoms with Crippen LogP contribution in [0.4, 0.5) is 0 Å². The summed E-state index contributed by atoms with van der Waals surface area (Å²) in [7, 11) is 1.46. The third-order valence-corrected chi connectivity index (χ3v) is 4.32. The number of rotatable bonds is 3. The average Bonchev–Trinajstić information content (AvgIpc) is 2.97. The van der Waals surface area contributed by atoms with Gasteiger partial charge < -0.3 is 4.74 Å². The van der Waals surface area contributed by atoms with Crippen LogP contribution in [0.25, 0.3) is 0 Å². The molecule has 1 saturated heterocycles. The van der Waals surface area contributed by atoms with Crippen molar-refractivity contribution >= 4 is 17.3 Å². The fraction of sp³-hybridized carbons (Fsp3) is 0.714. The number of carbonyl (C=O) groups excluding carboxylic acids is 1. The minimum absolute atomic E-state index is 0.0343. The molecular formula is C14H22N2O2S. The Balaban J connectivity index is 1.92. The van der Waals surface area contributed by atoms with Gasteiger partial charge in [-0.2, -0.15) is 0 Å². The highest BCUT2D eigenvalue weighted by atomic mass is 32.1. The van der Waals surface area contributed by atoms with Crippen LogP contribution in [0.3, 0.4) is 0 Å². The molecule has 0 bridgehead atoms. The Kier molecular flexibility index (Phi) is 4.26. The van der Waals surface area contributed by atoms with E-state index in [1.54, 1.807) is 11.3 Å². The van der Waals surface area contributed by atoms with Crippen molar-refractivity contribution in [1.29, 1.82) is 0 Å². The average molecular weight is 282 g/mol. The molecule has 2 rings (SSSR count). The van der Waals surface area contributed by atoms with E-state index in [1.165, 1.54) is 7.11 Å². The molecule has 19 heavy (non-hydrogen) atoms. The van der Waals surface area contributed by atoms with Crippen molar-refractivity contribution in [2.45, 2.75) is 39.2 Å². The van der Waals surface area contributed by atoms with Gasteiger partial charge in [0, 0.05) is 17.3 Å². The van der Waals surface area contributed by atoms with E-state index >= 15 is 0 Å². The van der Waals surface area contributed by atoms with Crippen LogP contribution in [0.2, 0.25) is 0 Å². The number of ether oxygens (including phenoxy) is 1. The number of carbonyl (C=O) groups is 1. The van der Waals surface area contributed by atoms with E-state index in [0.29, 0.717) is 0 Å². The summed E-state index contributed by atoms with van der Waals surface area (Å²) in [6, 6.07) is 0. The van der Waals surface area contributed by atoms with Gasteiger partial charge in [0.2, 0.25) is 0 Å². The molecule has 0 N–H and O–H groups in total. The van der Waals surface area contributed by atoms with Crippen LogP contribution < -0.4 is 0 Å². The SMILES string of the molecule is COC(=O)C1CCN(Cc2nc(C(C)(C)C)cs2)C1. The number of methoxy groups -OCH3 is 1. The molecule has 1 aliphatic heterocycles. The van der Waals surface area contributed by atoms with Gasteiger partial charge in [-0.15, -0.1) is 11.3 Å². The fourth-order valence-corrected chi connectivity index (χ4v) is 3.32. The highest BCUT2D eigenvalue weighted by Crippen LogP contribution is 2.26. The Bertz CT molecular complexity index is 451. The zero-order chi connectivity index (χ0) is 14.0. The maximum Gasteiger partial charge on any atom is 0.310 e. The van der Waals surface area contributed by atoms with Crippen LogP contribution in [-0.2, 0) is 21.5 Å². The first kappa shape index (κ1) is 14.5. The van der Waals surface area contributed by atoms with Crippen LogP contribution in [-0.4, -0.2) is 36.1 Å². The molecule has 0 aliphatic carbocycles. The van der Waals surface area contributed by atoms with Crippen molar-refractivity contribution in [2.24, 2.45) is 5.92 Å². The first-order chi connectivity index (χ1) is 8.90. The topological polar surface area (TPSA) is 42.4 Å². The lowest BCUT2D eigenvalue weighted by Crippen LogP contribution is -2.23. The van der Waals surface area contributed by atoms with E-state index in [-0.39, 0.29) is 17.3 Å². The Morgan fingerprint density at radius 3 is 2.89 bits per heavy atom. The van der Waals surface area contributed by atoms with Gasteiger partial charge in [0.05, 0.1) is 25.3 Å². The molecule has 1 fully saturated rings. The Hall–Kier alpha value is -0.940. The summed E-state index contributed by atoms with van der Waals surface area (Å²) >= 11 is 1.71. The quantitative estimate of drug-likeness (QED) is 0.799. The zero-order valence-electron chi connectivity index (χ0n) is 12.1. The molecule has 2 heterocycles. The molecule has 5 heteroatoms. The van der Waals surface area contributed by atoms with Crippen molar-refractivity contribution in [3.05, 3.63) is 16.1 Å². The van der Waals surface area contributed by atoms with Crippen LogP contribution in [0.5, 0.6) is 0 Å². The summed E-state index contributed by atoms with van der Waals surface area (Å²) in [5.41, 5.74) is 1.25. The number of aromatic nitrogens is 1. The van der Waals surface area contributed by atoms with Gasteiger partial charge in [-0.25, -0.2) is 4.98 Å². The van der Waals surface area contributed by atoms with Gasteiger partial charge >= 0.3 is 5.97 Å². The highest BCUT2D eigenvalue weighted by molar-refractivity contribution is 7.09. The van der Waals surface area contributed by atoms with Crippen molar-refractivity contribution in [2.75, 3.05) is 20.2 Å². The number of hydrogen-bond donors (Lipinski definition) is 0. The first-order valence-corrected chi connectivity index (χ1v) is 7.53. The Morgan fingerprint density at radius 1 is 1.58 bits per heavy atom. The molecule has 1 aliphatic rings. The van der Waals surface area contributed by atoms with Crippen molar-refractivity contribution in [3.63, 3.8) is 0 Å². The first-order valence-electron chi connectivity index (χ1n) is 6.65. The van der Waals surface area contributed by atoms with E-state index in [0.717, 1.165) is 36.8 Å². The lowest BCUT2D eigenvalue weighted by atomic mass is 9.93. The van der Waals surface area contributed by atoms with Crippen LogP contribution in [0, 0.1) is 5.92 Å². The number of thiazole rings is 1. The molecule has 0 spiro atoms. The van der Waals surface area contributed by atoms with Gasteiger partial charge in [-0.3, -0.25) is 9.69 Å². The fourth-order valence-electron chi connectivity index (χ4n) is 2.25. The molecule has 106 valence electrons. The summed E-state index contributed by atoms with van der Waals surface area (Å²) in [6.45, 7) is 9.11. The van der Waals surface area contributed by atoms with Crippen LogP contribution in [0.15, 0.2) is 5.38 Å². The molecule has 0 radical (unpaired) electrons. The Labute approximate surface area is 118 Å². The normalized spacial score (nSPS) is 20.7. The highest BCUT2D eigenvalue weighted by Gasteiger charge is 2.29. The van der Waals surface area contributed by atoms with Gasteiger partial charge in [-0.1, -0.05) is 20.8 Å². The summed E-state index contributed by atoms with van der Waals surface area (Å²) in [5, 5.41) is 3.28. The Morgan fingerprint density at radius 2 is 2.32 bits per heavy atom. The summed E-state index contributed by atoms with van der Waals surface area (Å²) in [4.78, 5) is 18.5. The van der Waals surface area contributed by atoms with E-state index in [1.807, 2.05) is 0 Å². The summed E-state index contributed by atoms with van der Waals surface area (Å²) in [6.07, 6.45) is 0.893. The third kappa shape index (κ3) is 3.54. The van der Waals surface area contributed by atoms with E-state index in [2.05, 4.69) is 31.1 Å². The molecule has 4 nitrogen and oxygen atoms in total.